The lowest BCUT2D eigenvalue weighted by atomic mass is 9.84. The fourth-order valence-corrected chi connectivity index (χ4v) is 10.5. The molecule has 0 N–H and O–H groups in total. The van der Waals surface area contributed by atoms with E-state index in [0.29, 0.717) is 73.4 Å². The number of nitrogens with zero attached hydrogens (tertiary/aromatic N) is 6. The molecule has 10 atom stereocenters. The van der Waals surface area contributed by atoms with Gasteiger partial charge in [-0.1, -0.05) is 79.5 Å². The maximum Gasteiger partial charge on any atom is 0.303 e. The van der Waals surface area contributed by atoms with Crippen LogP contribution in [0.25, 0.3) is 20.9 Å². The second-order valence-electron chi connectivity index (χ2n) is 24.7. The van der Waals surface area contributed by atoms with Crippen molar-refractivity contribution in [2.45, 2.75) is 196 Å². The van der Waals surface area contributed by atoms with E-state index in [0.717, 1.165) is 0 Å². The molecule has 0 bridgehead atoms. The standard InChI is InChI=1S/2C30H47N3O9Si/c2*1-19-20(2)29(41-27(18-38-21(3)34)28(19)39-22(4)35)40-25-13-12-23(17-26(25)42-43(8,9)30(5,6)7)24(36)11-10-15-37-16-14-32-33-31/h2*12-13,17,19-20,27-29H,10-11,14-16,18H2,1-9H3/t2*19-,20-,27-,28-,29-/m11/s1. The Kier molecular flexibility index (Phi) is 29.5. The van der Waals surface area contributed by atoms with Gasteiger partial charge in [0.15, 0.2) is 23.1 Å². The highest BCUT2D eigenvalue weighted by atomic mass is 28.4. The van der Waals surface area contributed by atoms with Gasteiger partial charge in [-0.25, -0.2) is 0 Å². The van der Waals surface area contributed by atoms with Crippen molar-refractivity contribution in [1.29, 1.82) is 0 Å². The summed E-state index contributed by atoms with van der Waals surface area (Å²) in [6, 6.07) is 10.3. The van der Waals surface area contributed by atoms with Crippen molar-refractivity contribution in [1.82, 2.24) is 0 Å². The number of azide groups is 2. The summed E-state index contributed by atoms with van der Waals surface area (Å²) in [6.07, 6.45) is -2.67. The smallest absolute Gasteiger partial charge is 0.303 e. The van der Waals surface area contributed by atoms with E-state index >= 15 is 0 Å². The summed E-state index contributed by atoms with van der Waals surface area (Å²) in [5.41, 5.74) is 17.6. The van der Waals surface area contributed by atoms with Gasteiger partial charge in [-0.2, -0.15) is 0 Å². The summed E-state index contributed by atoms with van der Waals surface area (Å²) < 4.78 is 71.0. The molecule has 2 aliphatic heterocycles. The number of carbonyl (C=O) groups is 6. The molecule has 24 nitrogen and oxygen atoms in total. The highest BCUT2D eigenvalue weighted by Crippen LogP contribution is 2.45. The average molecular weight is 1240 g/mol. The van der Waals surface area contributed by atoms with E-state index in [4.69, 9.17) is 67.3 Å². The van der Waals surface area contributed by atoms with Crippen LogP contribution >= 0.6 is 0 Å². The SMILES string of the molecule is CC(=O)OC[C@H]1O[C@@H](Oc2ccc(C(=O)CCCOCCN=[N+]=[N-])cc2O[Si](C)(C)C(C)(C)C)[C@H](C)[C@@H](C)[C@H]1OC(C)=O.CC(=O)OC[C@H]1O[C@@H](Oc2ccc(C(=O)CCCOCCN=[N+]=[N-])cc2O[Si](C)(C)C(C)(C)C)[C@H](C)[C@@H](C)[C@H]1OC(C)=O. The van der Waals surface area contributed by atoms with Crippen LogP contribution in [0.15, 0.2) is 46.6 Å². The molecule has 86 heavy (non-hydrogen) atoms. The molecule has 2 aliphatic rings. The zero-order chi connectivity index (χ0) is 64.7. The molecule has 0 aromatic heterocycles. The quantitative estimate of drug-likeness (QED) is 0.0102. The summed E-state index contributed by atoms with van der Waals surface area (Å²) in [6.45, 7) is 35.9. The molecule has 0 saturated carbocycles. The fourth-order valence-electron chi connectivity index (χ4n) is 8.49. The Bertz CT molecular complexity index is 2510. The zero-order valence-electron chi connectivity index (χ0n) is 53.8. The van der Waals surface area contributed by atoms with Crippen molar-refractivity contribution in [2.24, 2.45) is 33.9 Å². The average Bonchev–Trinajstić information content (AvgIpc) is 1.19. The van der Waals surface area contributed by atoms with E-state index in [1.165, 1.54) is 27.7 Å². The first-order valence-corrected chi connectivity index (χ1v) is 35.1. The third kappa shape index (κ3) is 23.5. The molecule has 26 heteroatoms. The lowest BCUT2D eigenvalue weighted by Crippen LogP contribution is -2.54. The van der Waals surface area contributed by atoms with Crippen LogP contribution in [0.1, 0.15) is 143 Å². The van der Waals surface area contributed by atoms with Crippen molar-refractivity contribution in [3.05, 3.63) is 68.4 Å². The zero-order valence-corrected chi connectivity index (χ0v) is 55.8. The van der Waals surface area contributed by atoms with Crippen LogP contribution in [0.5, 0.6) is 23.0 Å². The summed E-state index contributed by atoms with van der Waals surface area (Å²) in [4.78, 5) is 78.2. The van der Waals surface area contributed by atoms with Gasteiger partial charge in [0.2, 0.25) is 12.6 Å². The minimum Gasteiger partial charge on any atom is -0.541 e. The Balaban J connectivity index is 0.000000450. The molecule has 2 aromatic rings. The molecule has 2 aromatic carbocycles. The first kappa shape index (κ1) is 74.0. The Morgan fingerprint density at radius 3 is 1.17 bits per heavy atom. The van der Waals surface area contributed by atoms with E-state index < -0.39 is 77.5 Å². The number of ketones is 2. The van der Waals surface area contributed by atoms with E-state index in [1.807, 2.05) is 27.7 Å². The van der Waals surface area contributed by atoms with Gasteiger partial charge in [-0.05, 0) is 96.6 Å². The van der Waals surface area contributed by atoms with Gasteiger partial charge in [0.1, 0.15) is 49.1 Å². The van der Waals surface area contributed by atoms with Gasteiger partial charge in [0.05, 0.1) is 13.2 Å². The Hall–Kier alpha value is -6.25. The Morgan fingerprint density at radius 1 is 0.523 bits per heavy atom. The van der Waals surface area contributed by atoms with Crippen LogP contribution in [0.4, 0.5) is 0 Å². The van der Waals surface area contributed by atoms with Gasteiger partial charge in [-0.3, -0.25) is 28.8 Å². The predicted molar refractivity (Wildman–Crippen MR) is 325 cm³/mol. The van der Waals surface area contributed by atoms with Crippen LogP contribution in [0, 0.1) is 23.7 Å². The van der Waals surface area contributed by atoms with Gasteiger partial charge in [0.25, 0.3) is 16.6 Å². The second-order valence-corrected chi connectivity index (χ2v) is 34.2. The second kappa shape index (κ2) is 34.3. The van der Waals surface area contributed by atoms with Crippen molar-refractivity contribution in [3.63, 3.8) is 0 Å². The monoisotopic (exact) mass is 1240 g/mol. The van der Waals surface area contributed by atoms with Crippen molar-refractivity contribution < 1.29 is 85.0 Å². The van der Waals surface area contributed by atoms with Crippen LogP contribution < -0.4 is 18.3 Å². The third-order valence-corrected chi connectivity index (χ3v) is 24.6. The maximum atomic E-state index is 13.1. The molecule has 0 unspecified atom stereocenters. The molecule has 0 amide bonds. The van der Waals surface area contributed by atoms with Gasteiger partial charge < -0.3 is 56.2 Å². The van der Waals surface area contributed by atoms with Gasteiger partial charge >= 0.3 is 23.9 Å². The molecule has 0 radical (unpaired) electrons. The molecule has 4 rings (SSSR count). The number of ether oxygens (including phenoxy) is 10. The maximum absolute atomic E-state index is 13.1. The molecule has 2 heterocycles. The number of benzene rings is 2. The molecular weight excluding hydrogens is 1150 g/mol. The molecule has 480 valence electrons. The summed E-state index contributed by atoms with van der Waals surface area (Å²) in [5.74, 6) is -1.02. The van der Waals surface area contributed by atoms with Crippen LogP contribution in [-0.4, -0.2) is 142 Å². The van der Waals surface area contributed by atoms with E-state index in [9.17, 15) is 28.8 Å². The largest absolute Gasteiger partial charge is 0.541 e. The lowest BCUT2D eigenvalue weighted by molar-refractivity contribution is -0.248. The Morgan fingerprint density at radius 2 is 0.872 bits per heavy atom. The molecule has 2 saturated heterocycles. The van der Waals surface area contributed by atoms with Crippen LogP contribution in [0.2, 0.25) is 36.3 Å². The lowest BCUT2D eigenvalue weighted by Gasteiger charge is -2.43. The molecule has 0 aliphatic carbocycles. The number of esters is 4. The van der Waals surface area contributed by atoms with Crippen molar-refractivity contribution >= 4 is 52.1 Å². The molecule has 2 fully saturated rings. The van der Waals surface area contributed by atoms with Crippen molar-refractivity contribution in [2.75, 3.05) is 52.7 Å². The topological polar surface area (TPSA) is 311 Å². The van der Waals surface area contributed by atoms with Crippen LogP contribution in [0.3, 0.4) is 0 Å². The molecular formula is C60H94N6O18Si2. The summed E-state index contributed by atoms with van der Waals surface area (Å²) >= 11 is 0. The third-order valence-electron chi connectivity index (χ3n) is 16.0. The highest BCUT2D eigenvalue weighted by Gasteiger charge is 2.48. The number of hydrogen-bond donors (Lipinski definition) is 0. The van der Waals surface area contributed by atoms with E-state index in [2.05, 4.69) is 87.8 Å². The number of rotatable bonds is 30. The predicted octanol–water partition coefficient (Wildman–Crippen LogP) is 12.5. The van der Waals surface area contributed by atoms with Crippen LogP contribution in [-0.2, 0) is 57.1 Å². The van der Waals surface area contributed by atoms with Crippen molar-refractivity contribution in [3.8, 4) is 23.0 Å². The van der Waals surface area contributed by atoms with E-state index in [-0.39, 0.29) is 84.5 Å². The number of carbonyl (C=O) groups excluding carboxylic acids is 6. The first-order chi connectivity index (χ1) is 40.1. The highest BCUT2D eigenvalue weighted by molar-refractivity contribution is 6.75. The summed E-state index contributed by atoms with van der Waals surface area (Å²) in [5, 5.41) is 6.60. The first-order valence-electron chi connectivity index (χ1n) is 29.3. The van der Waals surface area contributed by atoms with Gasteiger partial charge in [-0.15, -0.1) is 0 Å². The normalized spacial score (nSPS) is 22.2. The number of hydrogen-bond acceptors (Lipinski definition) is 20. The fraction of sp³-hybridized carbons (Fsp3) is 0.700. The minimum absolute atomic E-state index is 0.0631. The summed E-state index contributed by atoms with van der Waals surface area (Å²) in [7, 11) is -4.70. The van der Waals surface area contributed by atoms with Gasteiger partial charge in [0, 0.05) is 111 Å². The Labute approximate surface area is 509 Å². The molecule has 0 spiro atoms. The number of Topliss-reactive ketones (excluding diaryl/α,β-unsaturated/α-hetero) is 2. The minimum atomic E-state index is -2.35. The van der Waals surface area contributed by atoms with E-state index in [1.54, 1.807) is 36.4 Å².